The van der Waals surface area contributed by atoms with Gasteiger partial charge >= 0.3 is 6.09 Å². The van der Waals surface area contributed by atoms with Crippen molar-refractivity contribution in [3.8, 4) is 11.5 Å². The zero-order chi connectivity index (χ0) is 52.5. The van der Waals surface area contributed by atoms with Gasteiger partial charge in [0.05, 0.1) is 43.0 Å². The van der Waals surface area contributed by atoms with Gasteiger partial charge in [0.25, 0.3) is 5.69 Å². The van der Waals surface area contributed by atoms with E-state index in [9.17, 15) is 30.2 Å². The highest BCUT2D eigenvalue weighted by atomic mass is 16.7. The Bertz CT molecular complexity index is 2280. The molecule has 1 heterocycles. The van der Waals surface area contributed by atoms with Crippen molar-refractivity contribution in [3.63, 3.8) is 0 Å². The lowest BCUT2D eigenvalue weighted by Crippen LogP contribution is -2.70. The molecule has 6 rings (SSSR count). The molecular formula is C58H80N4O12. The number of hydrogen-bond donors (Lipinski definition) is 4. The molecule has 6 atom stereocenters. The highest BCUT2D eigenvalue weighted by Gasteiger charge is 2.65. The van der Waals surface area contributed by atoms with Crippen LogP contribution in [-0.2, 0) is 32.3 Å². The van der Waals surface area contributed by atoms with E-state index >= 15 is 4.79 Å². The van der Waals surface area contributed by atoms with E-state index in [1.165, 1.54) is 44.2 Å². The first-order chi connectivity index (χ1) is 36.2. The molecule has 2 aliphatic carbocycles. The Hall–Kier alpha value is -5.65. The molecule has 1 aliphatic heterocycles. The maximum atomic E-state index is 15.1. The number of nitrogens with one attached hydrogen (secondary N) is 1. The van der Waals surface area contributed by atoms with Crippen molar-refractivity contribution in [1.82, 2.24) is 10.2 Å². The Balaban J connectivity index is 1.47. The van der Waals surface area contributed by atoms with Crippen LogP contribution in [0, 0.1) is 27.9 Å². The van der Waals surface area contributed by atoms with E-state index in [-0.39, 0.29) is 102 Å². The van der Waals surface area contributed by atoms with Crippen LogP contribution in [0.3, 0.4) is 0 Å². The van der Waals surface area contributed by atoms with Gasteiger partial charge in [0.1, 0.15) is 24.1 Å². The number of allylic oxidation sites excluding steroid dienone is 1. The minimum atomic E-state index is -1.53. The summed E-state index contributed by atoms with van der Waals surface area (Å²) in [6.45, 7) is 6.91. The van der Waals surface area contributed by atoms with Crippen LogP contribution < -0.4 is 14.8 Å². The monoisotopic (exact) mass is 1020 g/mol. The van der Waals surface area contributed by atoms with Crippen molar-refractivity contribution in [3.05, 3.63) is 124 Å². The summed E-state index contributed by atoms with van der Waals surface area (Å²) in [5, 5.41) is 49.0. The number of hydrogen-bond acceptors (Lipinski definition) is 13. The Labute approximate surface area is 437 Å². The number of nitro benzene ring substituents is 1. The topological polar surface area (TPSA) is 212 Å². The smallest absolute Gasteiger partial charge is 0.412 e. The Morgan fingerprint density at radius 3 is 2.28 bits per heavy atom. The number of nitrogens with zero attached hydrogens (tertiary/aromatic N) is 3. The third-order valence-electron chi connectivity index (χ3n) is 14.6. The van der Waals surface area contributed by atoms with Crippen LogP contribution in [-0.4, -0.2) is 101 Å². The quantitative estimate of drug-likeness (QED) is 0.0190. The molecule has 0 radical (unpaired) electrons. The van der Waals surface area contributed by atoms with Crippen molar-refractivity contribution < 1.29 is 53.6 Å². The molecule has 0 aromatic heterocycles. The van der Waals surface area contributed by atoms with E-state index in [0.717, 1.165) is 48.8 Å². The summed E-state index contributed by atoms with van der Waals surface area (Å²) in [4.78, 5) is 47.5. The van der Waals surface area contributed by atoms with E-state index in [1.807, 2.05) is 41.3 Å². The number of amides is 2. The van der Waals surface area contributed by atoms with E-state index in [0.29, 0.717) is 54.9 Å². The first kappa shape index (κ1) is 57.6. The van der Waals surface area contributed by atoms with Crippen molar-refractivity contribution in [1.29, 1.82) is 0 Å². The minimum Gasteiger partial charge on any atom is -0.459 e. The lowest BCUT2D eigenvalue weighted by molar-refractivity contribution is -0.384. The number of non-ortho nitro benzene ring substituents is 1. The normalized spacial score (nSPS) is 21.2. The molecule has 0 unspecified atom stereocenters. The van der Waals surface area contributed by atoms with E-state index < -0.39 is 28.8 Å². The molecule has 404 valence electrons. The van der Waals surface area contributed by atoms with Crippen LogP contribution in [0.1, 0.15) is 139 Å². The van der Waals surface area contributed by atoms with Gasteiger partial charge in [0, 0.05) is 62.8 Å². The molecule has 0 saturated heterocycles. The zero-order valence-corrected chi connectivity index (χ0v) is 43.4. The molecule has 74 heavy (non-hydrogen) atoms. The third kappa shape index (κ3) is 15.9. The summed E-state index contributed by atoms with van der Waals surface area (Å²) in [5.41, 5.74) is 3.75. The molecule has 0 bridgehead atoms. The van der Waals surface area contributed by atoms with Crippen LogP contribution in [0.5, 0.6) is 11.5 Å². The lowest BCUT2D eigenvalue weighted by atomic mass is 9.55. The first-order valence-electron chi connectivity index (χ1n) is 27.1. The predicted octanol–water partition coefficient (Wildman–Crippen LogP) is 10.5. The van der Waals surface area contributed by atoms with Crippen LogP contribution in [0.25, 0.3) is 0 Å². The molecule has 4 N–H and O–H groups in total. The van der Waals surface area contributed by atoms with Crippen LogP contribution >= 0.6 is 0 Å². The number of fused-ring (bicyclic) bond motifs is 2. The molecule has 1 saturated carbocycles. The SMILES string of the molecule is C=CCO[C@@]12Oc3ccc(OC(=O)NCc4ccccc4)cc3[C@H]3[C@H](CCCCO)[C@@H](CCCCO)C=C(C(=NOCc4ccc([N+](=O)[O-])cc4)C[C@@H]1N(CCOCCO)C(=O)CCCCCCCCCCC)[C@H]32. The standard InChI is InChI=1S/C58H80N4O12/c1-3-5-6-7-8-9-10-11-15-24-54(66)61(31-36-70-37-34-65)53-40-51(60-72-42-44-25-27-46(28-26-44)62(68)69)49-38-45(22-16-18-32-63)48(23-17-19-33-64)55-50-39-47(73-57(67)59-41-43-20-13-12-14-21-43)29-30-52(50)74-58(53,56(49)55)71-35-4-2/h4,12-14,20-21,25-30,38-39,45,48,53,55-56,63-65H,2-3,5-11,15-19,22-24,31-37,40-42H2,1H3,(H,59,67)/t45-,48+,53-,55+,56+,58+/m0/s1. The second-order valence-corrected chi connectivity index (χ2v) is 19.7. The Kier molecular flexibility index (Phi) is 23.9. The average molecular weight is 1030 g/mol. The van der Waals surface area contributed by atoms with Crippen LogP contribution in [0.15, 0.2) is 102 Å². The summed E-state index contributed by atoms with van der Waals surface area (Å²) < 4.78 is 26.4. The highest BCUT2D eigenvalue weighted by Crippen LogP contribution is 2.62. The Morgan fingerprint density at radius 2 is 1.59 bits per heavy atom. The number of rotatable bonds is 34. The number of carbonyl (C=O) groups is 2. The zero-order valence-electron chi connectivity index (χ0n) is 43.4. The predicted molar refractivity (Wildman–Crippen MR) is 284 cm³/mol. The second kappa shape index (κ2) is 30.7. The van der Waals surface area contributed by atoms with Gasteiger partial charge in [-0.15, -0.1) is 6.58 Å². The largest absolute Gasteiger partial charge is 0.459 e. The van der Waals surface area contributed by atoms with Crippen molar-refractivity contribution in [2.24, 2.45) is 22.9 Å². The molecule has 3 aromatic rings. The van der Waals surface area contributed by atoms with E-state index in [1.54, 1.807) is 30.3 Å². The first-order valence-corrected chi connectivity index (χ1v) is 27.1. The van der Waals surface area contributed by atoms with Crippen molar-refractivity contribution >= 4 is 23.4 Å². The second-order valence-electron chi connectivity index (χ2n) is 19.7. The lowest BCUT2D eigenvalue weighted by Gasteiger charge is -2.60. The maximum absolute atomic E-state index is 15.1. The van der Waals surface area contributed by atoms with E-state index in [2.05, 4.69) is 24.9 Å². The molecule has 16 heteroatoms. The molecule has 2 amide bonds. The van der Waals surface area contributed by atoms with Gasteiger partial charge in [-0.1, -0.05) is 119 Å². The summed E-state index contributed by atoms with van der Waals surface area (Å²) in [7, 11) is 0. The van der Waals surface area contributed by atoms with Crippen LogP contribution in [0.2, 0.25) is 0 Å². The van der Waals surface area contributed by atoms with Crippen molar-refractivity contribution in [2.45, 2.75) is 147 Å². The van der Waals surface area contributed by atoms with Gasteiger partial charge in [-0.3, -0.25) is 14.9 Å². The summed E-state index contributed by atoms with van der Waals surface area (Å²) in [6, 6.07) is 20.3. The van der Waals surface area contributed by atoms with Gasteiger partial charge in [0.2, 0.25) is 11.7 Å². The molecule has 3 aromatic carbocycles. The van der Waals surface area contributed by atoms with Gasteiger partial charge in [-0.25, -0.2) is 4.79 Å². The number of benzene rings is 3. The fraction of sp³-hybridized carbons (Fsp3) is 0.569. The summed E-state index contributed by atoms with van der Waals surface area (Å²) >= 11 is 0. The number of oxime groups is 1. The fourth-order valence-corrected chi connectivity index (χ4v) is 11.0. The van der Waals surface area contributed by atoms with Gasteiger partial charge < -0.3 is 49.3 Å². The summed E-state index contributed by atoms with van der Waals surface area (Å²) in [5.74, 6) is -1.92. The average Bonchev–Trinajstić information content (AvgIpc) is 3.41. The number of ether oxygens (including phenoxy) is 4. The molecule has 16 nitrogen and oxygen atoms in total. The Morgan fingerprint density at radius 1 is 0.878 bits per heavy atom. The molecule has 1 fully saturated rings. The van der Waals surface area contributed by atoms with Gasteiger partial charge in [-0.05, 0) is 91.0 Å². The number of aliphatic hydroxyl groups excluding tert-OH is 3. The van der Waals surface area contributed by atoms with Gasteiger partial charge in [-0.2, -0.15) is 0 Å². The molecule has 0 spiro atoms. The van der Waals surface area contributed by atoms with E-state index in [4.69, 9.17) is 28.9 Å². The molecular weight excluding hydrogens is 945 g/mol. The number of nitro groups is 1. The number of unbranched alkanes of at least 4 members (excludes halogenated alkanes) is 10. The van der Waals surface area contributed by atoms with Crippen molar-refractivity contribution in [2.75, 3.05) is 46.2 Å². The number of aliphatic hydroxyl groups is 3. The third-order valence-corrected chi connectivity index (χ3v) is 14.6. The number of carbonyl (C=O) groups excluding carboxylic acids is 2. The van der Waals surface area contributed by atoms with Crippen LogP contribution in [0.4, 0.5) is 10.5 Å². The fourth-order valence-electron chi connectivity index (χ4n) is 11.0. The minimum absolute atomic E-state index is 0.0119. The maximum Gasteiger partial charge on any atom is 0.412 e. The van der Waals surface area contributed by atoms with Gasteiger partial charge in [0.15, 0.2) is 0 Å². The summed E-state index contributed by atoms with van der Waals surface area (Å²) in [6.07, 6.45) is 17.7. The molecule has 3 aliphatic rings. The highest BCUT2D eigenvalue weighted by molar-refractivity contribution is 6.03.